The molecule has 106 valence electrons. The van der Waals surface area contributed by atoms with Crippen LogP contribution in [0.2, 0.25) is 0 Å². The lowest BCUT2D eigenvalue weighted by atomic mass is 9.88. The van der Waals surface area contributed by atoms with Gasteiger partial charge >= 0.3 is 6.18 Å². The lowest BCUT2D eigenvalue weighted by Gasteiger charge is -2.32. The summed E-state index contributed by atoms with van der Waals surface area (Å²) in [6, 6.07) is 7.01. The molecule has 1 aliphatic rings. The molecule has 1 fully saturated rings. The highest BCUT2D eigenvalue weighted by Crippen LogP contribution is 2.40. The minimum Gasteiger partial charge on any atom is -0.494 e. The van der Waals surface area contributed by atoms with Crippen molar-refractivity contribution in [2.24, 2.45) is 5.92 Å². The number of rotatable bonds is 3. The highest BCUT2D eigenvalue weighted by molar-refractivity contribution is 5.36. The van der Waals surface area contributed by atoms with Gasteiger partial charge in [0, 0.05) is 11.6 Å². The smallest absolute Gasteiger partial charge is 0.391 e. The largest absolute Gasteiger partial charge is 0.494 e. The Balaban J connectivity index is 2.17. The van der Waals surface area contributed by atoms with Gasteiger partial charge in [-0.3, -0.25) is 0 Å². The van der Waals surface area contributed by atoms with Gasteiger partial charge in [0.15, 0.2) is 0 Å². The van der Waals surface area contributed by atoms with E-state index < -0.39 is 12.1 Å². The van der Waals surface area contributed by atoms with Gasteiger partial charge in [0.1, 0.15) is 5.75 Å². The fourth-order valence-electron chi connectivity index (χ4n) is 2.51. The normalized spacial score (nSPS) is 24.2. The van der Waals surface area contributed by atoms with Crippen LogP contribution in [0.25, 0.3) is 0 Å². The summed E-state index contributed by atoms with van der Waals surface area (Å²) in [6.45, 7) is 2.76. The Morgan fingerprint density at radius 1 is 1.32 bits per heavy atom. The van der Waals surface area contributed by atoms with Crippen LogP contribution in [0.3, 0.4) is 0 Å². The summed E-state index contributed by atoms with van der Waals surface area (Å²) < 4.78 is 43.9. The lowest BCUT2D eigenvalue weighted by molar-refractivity contribution is -0.183. The first-order valence-corrected chi connectivity index (χ1v) is 6.54. The number of halogens is 3. The molecule has 19 heavy (non-hydrogen) atoms. The van der Waals surface area contributed by atoms with E-state index in [2.05, 4.69) is 5.32 Å². The van der Waals surface area contributed by atoms with Crippen molar-refractivity contribution in [1.82, 2.24) is 5.32 Å². The van der Waals surface area contributed by atoms with E-state index in [4.69, 9.17) is 4.74 Å². The number of para-hydroxylation sites is 1. The Bertz CT molecular complexity index is 419. The van der Waals surface area contributed by atoms with Gasteiger partial charge in [0.25, 0.3) is 0 Å². The Hall–Kier alpha value is -1.23. The first-order chi connectivity index (χ1) is 9.02. The Labute approximate surface area is 111 Å². The van der Waals surface area contributed by atoms with Crippen molar-refractivity contribution < 1.29 is 17.9 Å². The summed E-state index contributed by atoms with van der Waals surface area (Å²) in [5.74, 6) is -0.557. The van der Waals surface area contributed by atoms with Crippen molar-refractivity contribution in [3.8, 4) is 5.75 Å². The molecule has 0 saturated carbocycles. The maximum absolute atomic E-state index is 12.8. The van der Waals surface area contributed by atoms with Crippen molar-refractivity contribution in [3.05, 3.63) is 29.8 Å². The number of benzene rings is 1. The molecule has 2 unspecified atom stereocenters. The third-order valence-corrected chi connectivity index (χ3v) is 3.46. The summed E-state index contributed by atoms with van der Waals surface area (Å²) >= 11 is 0. The highest BCUT2D eigenvalue weighted by atomic mass is 19.4. The summed E-state index contributed by atoms with van der Waals surface area (Å²) in [7, 11) is 0. The summed E-state index contributed by atoms with van der Waals surface area (Å²) in [5, 5.41) is 3.16. The van der Waals surface area contributed by atoms with Gasteiger partial charge < -0.3 is 10.1 Å². The molecule has 5 heteroatoms. The predicted octanol–water partition coefficient (Wildman–Crippen LogP) is 3.69. The van der Waals surface area contributed by atoms with Crippen LogP contribution in [-0.4, -0.2) is 19.3 Å². The van der Waals surface area contributed by atoms with Gasteiger partial charge in [-0.15, -0.1) is 0 Å². The quantitative estimate of drug-likeness (QED) is 0.907. The molecule has 0 amide bonds. The van der Waals surface area contributed by atoms with Gasteiger partial charge in [0.2, 0.25) is 0 Å². The van der Waals surface area contributed by atoms with E-state index in [0.717, 1.165) is 5.56 Å². The van der Waals surface area contributed by atoms with E-state index in [1.54, 1.807) is 6.07 Å². The van der Waals surface area contributed by atoms with Gasteiger partial charge in [-0.05, 0) is 32.4 Å². The maximum Gasteiger partial charge on any atom is 0.391 e. The average Bonchev–Trinajstić information content (AvgIpc) is 2.39. The van der Waals surface area contributed by atoms with E-state index in [-0.39, 0.29) is 18.9 Å². The summed E-state index contributed by atoms with van der Waals surface area (Å²) in [4.78, 5) is 0. The van der Waals surface area contributed by atoms with Crippen LogP contribution in [0.15, 0.2) is 24.3 Å². The minimum atomic E-state index is -4.11. The molecule has 0 radical (unpaired) electrons. The van der Waals surface area contributed by atoms with E-state index in [0.29, 0.717) is 18.9 Å². The molecule has 1 aromatic carbocycles. The molecule has 1 saturated heterocycles. The van der Waals surface area contributed by atoms with Gasteiger partial charge in [-0.1, -0.05) is 18.2 Å². The average molecular weight is 273 g/mol. The van der Waals surface area contributed by atoms with E-state index in [1.165, 1.54) is 0 Å². The molecule has 1 N–H and O–H groups in total. The second kappa shape index (κ2) is 5.82. The second-order valence-electron chi connectivity index (χ2n) is 4.74. The number of ether oxygens (including phenoxy) is 1. The zero-order chi connectivity index (χ0) is 13.9. The van der Waals surface area contributed by atoms with Crippen LogP contribution in [-0.2, 0) is 0 Å². The van der Waals surface area contributed by atoms with Crippen molar-refractivity contribution in [3.63, 3.8) is 0 Å². The highest BCUT2D eigenvalue weighted by Gasteiger charge is 2.42. The zero-order valence-corrected chi connectivity index (χ0v) is 10.8. The Morgan fingerprint density at radius 2 is 2.05 bits per heavy atom. The zero-order valence-electron chi connectivity index (χ0n) is 10.8. The fraction of sp³-hybridized carbons (Fsp3) is 0.571. The van der Waals surface area contributed by atoms with Crippen molar-refractivity contribution >= 4 is 0 Å². The van der Waals surface area contributed by atoms with Crippen LogP contribution >= 0.6 is 0 Å². The van der Waals surface area contributed by atoms with Crippen molar-refractivity contribution in [2.75, 3.05) is 13.2 Å². The molecule has 2 atom stereocenters. The third-order valence-electron chi connectivity index (χ3n) is 3.46. The molecule has 2 nitrogen and oxygen atoms in total. The first-order valence-electron chi connectivity index (χ1n) is 6.54. The van der Waals surface area contributed by atoms with Crippen molar-refractivity contribution in [2.45, 2.75) is 32.0 Å². The van der Waals surface area contributed by atoms with Crippen molar-refractivity contribution in [1.29, 1.82) is 0 Å². The molecule has 1 aromatic rings. The van der Waals surface area contributed by atoms with E-state index in [9.17, 15) is 13.2 Å². The SMILES string of the molecule is CCOc1ccccc1C1CC(C(F)(F)F)CCN1. The minimum absolute atomic E-state index is 0.0770. The molecule has 1 heterocycles. The third kappa shape index (κ3) is 3.41. The van der Waals surface area contributed by atoms with Gasteiger partial charge in [-0.25, -0.2) is 0 Å². The van der Waals surface area contributed by atoms with Crippen LogP contribution in [0.4, 0.5) is 13.2 Å². The molecule has 0 aliphatic carbocycles. The number of nitrogens with one attached hydrogen (secondary N) is 1. The Kier molecular flexibility index (Phi) is 4.34. The maximum atomic E-state index is 12.8. The monoisotopic (exact) mass is 273 g/mol. The molecular weight excluding hydrogens is 255 g/mol. The molecule has 0 spiro atoms. The topological polar surface area (TPSA) is 21.3 Å². The summed E-state index contributed by atoms with van der Waals surface area (Å²) in [5.41, 5.74) is 0.818. The second-order valence-corrected chi connectivity index (χ2v) is 4.74. The Morgan fingerprint density at radius 3 is 2.74 bits per heavy atom. The standard InChI is InChI=1S/C14H18F3NO/c1-2-19-13-6-4-3-5-11(13)12-9-10(7-8-18-12)14(15,16)17/h3-6,10,12,18H,2,7-9H2,1H3. The van der Waals surface area contributed by atoms with E-state index in [1.807, 2.05) is 25.1 Å². The van der Waals surface area contributed by atoms with Crippen LogP contribution in [0.1, 0.15) is 31.4 Å². The van der Waals surface area contributed by atoms with Crippen LogP contribution < -0.4 is 10.1 Å². The molecule has 2 rings (SSSR count). The van der Waals surface area contributed by atoms with E-state index >= 15 is 0 Å². The van der Waals surface area contributed by atoms with Gasteiger partial charge in [0.05, 0.1) is 12.5 Å². The number of alkyl halides is 3. The lowest BCUT2D eigenvalue weighted by Crippen LogP contribution is -2.38. The molecular formula is C14H18F3NO. The first kappa shape index (κ1) is 14.2. The number of hydrogen-bond donors (Lipinski definition) is 1. The van der Waals surface area contributed by atoms with Crippen LogP contribution in [0.5, 0.6) is 5.75 Å². The molecule has 0 aromatic heterocycles. The molecule has 0 bridgehead atoms. The molecule has 1 aliphatic heterocycles. The number of hydrogen-bond acceptors (Lipinski definition) is 2. The van der Waals surface area contributed by atoms with Crippen LogP contribution in [0, 0.1) is 5.92 Å². The predicted molar refractivity (Wildman–Crippen MR) is 67.1 cm³/mol. The fourth-order valence-corrected chi connectivity index (χ4v) is 2.51. The van der Waals surface area contributed by atoms with Gasteiger partial charge in [-0.2, -0.15) is 13.2 Å². The number of piperidine rings is 1. The summed E-state index contributed by atoms with van der Waals surface area (Å²) in [6.07, 6.45) is -3.88.